The van der Waals surface area contributed by atoms with Gasteiger partial charge in [0.15, 0.2) is 0 Å². The van der Waals surface area contributed by atoms with Gasteiger partial charge in [-0.2, -0.15) is 0 Å². The van der Waals surface area contributed by atoms with Gasteiger partial charge in [-0.1, -0.05) is 11.3 Å². The Labute approximate surface area is 103 Å². The van der Waals surface area contributed by atoms with Crippen molar-refractivity contribution < 1.29 is 0 Å². The van der Waals surface area contributed by atoms with E-state index in [1.54, 1.807) is 6.33 Å². The molecule has 2 heterocycles. The molecular weight excluding hydrogens is 236 g/mol. The van der Waals surface area contributed by atoms with E-state index < -0.39 is 0 Å². The lowest BCUT2D eigenvalue weighted by Gasteiger charge is -2.07. The van der Waals surface area contributed by atoms with Crippen LogP contribution in [0.1, 0.15) is 24.2 Å². The number of H-pyrrole nitrogens is 1. The second-order valence-corrected chi connectivity index (χ2v) is 5.18. The number of aromatic amines is 1. The van der Waals surface area contributed by atoms with Crippen LogP contribution >= 0.6 is 11.3 Å². The van der Waals surface area contributed by atoms with Crippen LogP contribution in [-0.2, 0) is 13.1 Å². The molecule has 3 rings (SSSR count). The highest BCUT2D eigenvalue weighted by atomic mass is 32.1. The Bertz CT molecular complexity index is 552. The summed E-state index contributed by atoms with van der Waals surface area (Å²) >= 11 is 1.20. The van der Waals surface area contributed by atoms with Crippen molar-refractivity contribution in [3.63, 3.8) is 0 Å². The lowest BCUT2D eigenvalue weighted by Crippen LogP contribution is -2.18. The van der Waals surface area contributed by atoms with E-state index in [0.29, 0.717) is 12.6 Å². The van der Waals surface area contributed by atoms with Crippen molar-refractivity contribution >= 4 is 11.3 Å². The number of nitrogens with one attached hydrogen (secondary N) is 2. The molecule has 5 nitrogen and oxygen atoms in total. The largest absolute Gasteiger partial charge is 0.327 e. The second-order valence-electron chi connectivity index (χ2n) is 4.34. The highest BCUT2D eigenvalue weighted by molar-refractivity contribution is 7.07. The predicted octanol–water partition coefficient (Wildman–Crippen LogP) is 0.933. The summed E-state index contributed by atoms with van der Waals surface area (Å²) in [4.78, 5) is 18.0. The van der Waals surface area contributed by atoms with Crippen LogP contribution in [0.4, 0.5) is 0 Å². The van der Waals surface area contributed by atoms with Crippen molar-refractivity contribution in [3.05, 3.63) is 39.0 Å². The smallest absolute Gasteiger partial charge is 0.304 e. The van der Waals surface area contributed by atoms with E-state index in [1.165, 1.54) is 24.2 Å². The third kappa shape index (κ3) is 2.65. The van der Waals surface area contributed by atoms with Crippen LogP contribution in [0.5, 0.6) is 0 Å². The summed E-state index contributed by atoms with van der Waals surface area (Å²) < 4.78 is 2.06. The molecule has 1 saturated carbocycles. The maximum atomic E-state index is 11.1. The highest BCUT2D eigenvalue weighted by Crippen LogP contribution is 2.19. The maximum absolute atomic E-state index is 11.1. The van der Waals surface area contributed by atoms with E-state index in [1.807, 2.05) is 11.6 Å². The normalized spacial score (nSPS) is 15.3. The third-order valence-electron chi connectivity index (χ3n) is 2.86. The lowest BCUT2D eigenvalue weighted by atomic mass is 10.4. The molecule has 0 atom stereocenters. The van der Waals surface area contributed by atoms with Gasteiger partial charge in [0.1, 0.15) is 0 Å². The van der Waals surface area contributed by atoms with Gasteiger partial charge in [-0.3, -0.25) is 4.79 Å². The molecule has 2 aromatic rings. The first-order chi connectivity index (χ1) is 8.31. The molecule has 6 heteroatoms. The standard InChI is InChI=1S/C11H14N4OS/c16-11-14-9(6-17-11)5-15-7-12-3-10(15)4-13-8-1-2-8/h3,6-8,13H,1-2,4-5H2,(H,14,16). The van der Waals surface area contributed by atoms with E-state index in [4.69, 9.17) is 0 Å². The summed E-state index contributed by atoms with van der Waals surface area (Å²) in [6.45, 7) is 1.53. The Morgan fingerprint density at radius 3 is 3.18 bits per heavy atom. The summed E-state index contributed by atoms with van der Waals surface area (Å²) in [5.41, 5.74) is 2.09. The van der Waals surface area contributed by atoms with Gasteiger partial charge in [-0.25, -0.2) is 4.98 Å². The molecule has 0 unspecified atom stereocenters. The van der Waals surface area contributed by atoms with Gasteiger partial charge in [0.05, 0.1) is 18.6 Å². The third-order valence-corrected chi connectivity index (χ3v) is 3.58. The summed E-state index contributed by atoms with van der Waals surface area (Å²) in [7, 11) is 0. The monoisotopic (exact) mass is 250 g/mol. The fraction of sp³-hybridized carbons (Fsp3) is 0.455. The Kier molecular flexibility index (Phi) is 2.82. The zero-order chi connectivity index (χ0) is 11.7. The molecule has 17 heavy (non-hydrogen) atoms. The molecule has 2 N–H and O–H groups in total. The topological polar surface area (TPSA) is 62.7 Å². The molecule has 0 spiro atoms. The maximum Gasteiger partial charge on any atom is 0.304 e. The van der Waals surface area contributed by atoms with Crippen LogP contribution in [0.2, 0.25) is 0 Å². The zero-order valence-electron chi connectivity index (χ0n) is 9.35. The summed E-state index contributed by atoms with van der Waals surface area (Å²) in [6, 6.07) is 0.694. The molecule has 0 aromatic carbocycles. The van der Waals surface area contributed by atoms with Crippen molar-refractivity contribution in [2.75, 3.05) is 0 Å². The van der Waals surface area contributed by atoms with Crippen molar-refractivity contribution in [1.29, 1.82) is 0 Å². The molecule has 0 bridgehead atoms. The van der Waals surface area contributed by atoms with E-state index in [9.17, 15) is 4.79 Å². The Hall–Kier alpha value is -1.40. The van der Waals surface area contributed by atoms with Gasteiger partial charge in [-0.05, 0) is 12.8 Å². The number of imidazole rings is 1. The second kappa shape index (κ2) is 4.46. The van der Waals surface area contributed by atoms with Crippen LogP contribution in [0.25, 0.3) is 0 Å². The molecule has 0 saturated heterocycles. The first-order valence-electron chi connectivity index (χ1n) is 5.70. The average Bonchev–Trinajstić information content (AvgIpc) is 2.90. The van der Waals surface area contributed by atoms with Crippen LogP contribution < -0.4 is 10.2 Å². The van der Waals surface area contributed by atoms with Gasteiger partial charge < -0.3 is 14.9 Å². The first-order valence-corrected chi connectivity index (χ1v) is 6.58. The van der Waals surface area contributed by atoms with Crippen molar-refractivity contribution in [2.24, 2.45) is 0 Å². The summed E-state index contributed by atoms with van der Waals surface area (Å²) in [5.74, 6) is 0. The van der Waals surface area contributed by atoms with Gasteiger partial charge >= 0.3 is 4.87 Å². The van der Waals surface area contributed by atoms with Gasteiger partial charge in [0.2, 0.25) is 0 Å². The Morgan fingerprint density at radius 2 is 2.47 bits per heavy atom. The van der Waals surface area contributed by atoms with Gasteiger partial charge in [0.25, 0.3) is 0 Å². The lowest BCUT2D eigenvalue weighted by molar-refractivity contribution is 0.631. The van der Waals surface area contributed by atoms with Crippen LogP contribution in [0.15, 0.2) is 22.7 Å². The molecule has 0 amide bonds. The Morgan fingerprint density at radius 1 is 1.59 bits per heavy atom. The van der Waals surface area contributed by atoms with E-state index >= 15 is 0 Å². The molecule has 0 aliphatic heterocycles. The molecule has 90 valence electrons. The first kappa shape index (κ1) is 10.7. The minimum Gasteiger partial charge on any atom is -0.327 e. The number of hydrogen-bond acceptors (Lipinski definition) is 4. The zero-order valence-corrected chi connectivity index (χ0v) is 10.2. The molecular formula is C11H14N4OS. The molecule has 1 aliphatic rings. The number of rotatable bonds is 5. The van der Waals surface area contributed by atoms with E-state index in [-0.39, 0.29) is 4.87 Å². The summed E-state index contributed by atoms with van der Waals surface area (Å²) in [5, 5.41) is 5.32. The quantitative estimate of drug-likeness (QED) is 0.830. The fourth-order valence-corrected chi connectivity index (χ4v) is 2.32. The number of thiazole rings is 1. The SMILES string of the molecule is O=c1[nH]c(Cn2cncc2CNC2CC2)cs1. The molecule has 1 fully saturated rings. The van der Waals surface area contributed by atoms with Crippen LogP contribution in [-0.4, -0.2) is 20.6 Å². The van der Waals surface area contributed by atoms with Gasteiger partial charge in [-0.15, -0.1) is 0 Å². The van der Waals surface area contributed by atoms with E-state index in [0.717, 1.165) is 17.9 Å². The Balaban J connectivity index is 1.69. The highest BCUT2D eigenvalue weighted by Gasteiger charge is 2.20. The molecule has 1 aliphatic carbocycles. The van der Waals surface area contributed by atoms with Crippen LogP contribution in [0.3, 0.4) is 0 Å². The number of nitrogens with zero attached hydrogens (tertiary/aromatic N) is 2. The van der Waals surface area contributed by atoms with Crippen LogP contribution in [0, 0.1) is 0 Å². The fourth-order valence-electron chi connectivity index (χ4n) is 1.75. The predicted molar refractivity (Wildman–Crippen MR) is 66.1 cm³/mol. The van der Waals surface area contributed by atoms with Crippen molar-refractivity contribution in [3.8, 4) is 0 Å². The minimum absolute atomic E-state index is 0.00206. The number of aromatic nitrogens is 3. The van der Waals surface area contributed by atoms with Crippen molar-refractivity contribution in [2.45, 2.75) is 32.0 Å². The minimum atomic E-state index is -0.00206. The van der Waals surface area contributed by atoms with E-state index in [2.05, 4.69) is 19.9 Å². The molecule has 0 radical (unpaired) electrons. The van der Waals surface area contributed by atoms with Gasteiger partial charge in [0, 0.05) is 29.9 Å². The van der Waals surface area contributed by atoms with Crippen molar-refractivity contribution in [1.82, 2.24) is 19.9 Å². The average molecular weight is 250 g/mol. The summed E-state index contributed by atoms with van der Waals surface area (Å²) in [6.07, 6.45) is 6.25. The number of hydrogen-bond donors (Lipinski definition) is 2. The molecule has 2 aromatic heterocycles.